The fourth-order valence-corrected chi connectivity index (χ4v) is 1.53. The molecule has 3 nitrogen and oxygen atoms in total. The maximum absolute atomic E-state index is 11.4. The van der Waals surface area contributed by atoms with Crippen molar-refractivity contribution in [2.45, 2.75) is 51.7 Å². The van der Waals surface area contributed by atoms with E-state index in [1.807, 2.05) is 6.92 Å². The molecule has 1 fully saturated rings. The number of hydrogen-bond acceptors (Lipinski definition) is 3. The van der Waals surface area contributed by atoms with Gasteiger partial charge >= 0.3 is 5.97 Å². The Bertz CT molecular complexity index is 225. The molecule has 0 aromatic rings. The summed E-state index contributed by atoms with van der Waals surface area (Å²) in [5, 5.41) is 9.26. The standard InChI is InChI=1S/C11H18O3/c1-3-8(2)11(13)14-10-6-4-9(12)5-7-10/h3,9-10,12H,4-7H2,1-2H3/b8-3+/t9-,10-. The average Bonchev–Trinajstić information content (AvgIpc) is 2.20. The van der Waals surface area contributed by atoms with Crippen LogP contribution in [0.15, 0.2) is 11.6 Å². The summed E-state index contributed by atoms with van der Waals surface area (Å²) in [6, 6.07) is 0. The van der Waals surface area contributed by atoms with Crippen molar-refractivity contribution in [1.82, 2.24) is 0 Å². The highest BCUT2D eigenvalue weighted by Crippen LogP contribution is 2.21. The molecule has 3 heteroatoms. The first-order chi connectivity index (χ1) is 6.63. The van der Waals surface area contributed by atoms with E-state index >= 15 is 0 Å². The van der Waals surface area contributed by atoms with Crippen molar-refractivity contribution in [3.05, 3.63) is 11.6 Å². The van der Waals surface area contributed by atoms with Crippen molar-refractivity contribution in [2.24, 2.45) is 0 Å². The summed E-state index contributed by atoms with van der Waals surface area (Å²) in [6.07, 6.45) is 4.60. The summed E-state index contributed by atoms with van der Waals surface area (Å²) >= 11 is 0. The summed E-state index contributed by atoms with van der Waals surface area (Å²) < 4.78 is 5.27. The first-order valence-electron chi connectivity index (χ1n) is 5.15. The van der Waals surface area contributed by atoms with Gasteiger partial charge in [0.2, 0.25) is 0 Å². The molecule has 14 heavy (non-hydrogen) atoms. The van der Waals surface area contributed by atoms with Gasteiger partial charge in [-0.25, -0.2) is 4.79 Å². The van der Waals surface area contributed by atoms with Crippen molar-refractivity contribution < 1.29 is 14.6 Å². The molecule has 1 rings (SSSR count). The smallest absolute Gasteiger partial charge is 0.333 e. The lowest BCUT2D eigenvalue weighted by Gasteiger charge is -2.25. The van der Waals surface area contributed by atoms with Crippen LogP contribution in [0, 0.1) is 0 Å². The van der Waals surface area contributed by atoms with Gasteiger partial charge in [0, 0.05) is 5.57 Å². The van der Waals surface area contributed by atoms with Gasteiger partial charge in [-0.15, -0.1) is 0 Å². The summed E-state index contributed by atoms with van der Waals surface area (Å²) in [6.45, 7) is 3.57. The highest BCUT2D eigenvalue weighted by molar-refractivity contribution is 5.87. The van der Waals surface area contributed by atoms with Crippen molar-refractivity contribution in [1.29, 1.82) is 0 Å². The minimum Gasteiger partial charge on any atom is -0.459 e. The molecular formula is C11H18O3. The zero-order valence-corrected chi connectivity index (χ0v) is 8.82. The quantitative estimate of drug-likeness (QED) is 0.543. The van der Waals surface area contributed by atoms with Crippen LogP contribution in [0.2, 0.25) is 0 Å². The second kappa shape index (κ2) is 5.15. The van der Waals surface area contributed by atoms with Crippen LogP contribution in [0.25, 0.3) is 0 Å². The molecule has 0 unspecified atom stereocenters. The van der Waals surface area contributed by atoms with Gasteiger partial charge in [0.05, 0.1) is 6.10 Å². The van der Waals surface area contributed by atoms with Crippen LogP contribution in [-0.2, 0) is 9.53 Å². The van der Waals surface area contributed by atoms with E-state index in [2.05, 4.69) is 0 Å². The van der Waals surface area contributed by atoms with Crippen molar-refractivity contribution >= 4 is 5.97 Å². The lowest BCUT2D eigenvalue weighted by molar-refractivity contribution is -0.146. The largest absolute Gasteiger partial charge is 0.459 e. The Hall–Kier alpha value is -0.830. The van der Waals surface area contributed by atoms with Crippen LogP contribution < -0.4 is 0 Å². The number of aliphatic hydroxyl groups excluding tert-OH is 1. The molecule has 0 atom stereocenters. The van der Waals surface area contributed by atoms with Gasteiger partial charge < -0.3 is 9.84 Å². The van der Waals surface area contributed by atoms with E-state index in [0.29, 0.717) is 5.57 Å². The summed E-state index contributed by atoms with van der Waals surface area (Å²) in [7, 11) is 0. The zero-order chi connectivity index (χ0) is 10.6. The molecule has 1 aliphatic rings. The summed E-state index contributed by atoms with van der Waals surface area (Å²) in [5.74, 6) is -0.228. The fourth-order valence-electron chi connectivity index (χ4n) is 1.53. The minimum absolute atomic E-state index is 0.000741. The minimum atomic E-state index is -0.228. The maximum atomic E-state index is 11.4. The zero-order valence-electron chi connectivity index (χ0n) is 8.82. The van der Waals surface area contributed by atoms with Gasteiger partial charge in [-0.05, 0) is 39.5 Å². The van der Waals surface area contributed by atoms with Crippen molar-refractivity contribution in [2.75, 3.05) is 0 Å². The van der Waals surface area contributed by atoms with E-state index in [4.69, 9.17) is 4.74 Å². The van der Waals surface area contributed by atoms with Crippen LogP contribution in [0.5, 0.6) is 0 Å². The SMILES string of the molecule is C/C=C(\C)C(=O)O[C@H]1CC[C@H](O)CC1. The van der Waals surface area contributed by atoms with Crippen LogP contribution in [0.1, 0.15) is 39.5 Å². The van der Waals surface area contributed by atoms with Crippen molar-refractivity contribution in [3.63, 3.8) is 0 Å². The molecule has 1 N–H and O–H groups in total. The highest BCUT2D eigenvalue weighted by atomic mass is 16.5. The molecule has 0 spiro atoms. The molecule has 1 aliphatic carbocycles. The number of hydrogen-bond donors (Lipinski definition) is 1. The molecule has 0 amide bonds. The predicted octanol–water partition coefficient (Wildman–Crippen LogP) is 1.80. The molecule has 0 aliphatic heterocycles. The Morgan fingerprint density at radius 3 is 2.43 bits per heavy atom. The first kappa shape index (κ1) is 11.2. The molecule has 0 radical (unpaired) electrons. The third-order valence-corrected chi connectivity index (χ3v) is 2.67. The van der Waals surface area contributed by atoms with E-state index in [0.717, 1.165) is 25.7 Å². The lowest BCUT2D eigenvalue weighted by Crippen LogP contribution is -2.26. The lowest BCUT2D eigenvalue weighted by atomic mass is 9.95. The van der Waals surface area contributed by atoms with E-state index in [1.165, 1.54) is 0 Å². The molecular weight excluding hydrogens is 180 g/mol. The normalized spacial score (nSPS) is 28.6. The van der Waals surface area contributed by atoms with Crippen LogP contribution in [0.3, 0.4) is 0 Å². The molecule has 80 valence electrons. The number of carbonyl (C=O) groups excluding carboxylic acids is 1. The van der Waals surface area contributed by atoms with Crippen LogP contribution in [-0.4, -0.2) is 23.3 Å². The number of aliphatic hydroxyl groups is 1. The summed E-state index contributed by atoms with van der Waals surface area (Å²) in [5.41, 5.74) is 0.649. The molecule has 0 aromatic carbocycles. The molecule has 0 heterocycles. The molecule has 0 saturated heterocycles. The van der Waals surface area contributed by atoms with E-state index in [9.17, 15) is 9.90 Å². The number of esters is 1. The second-order valence-electron chi connectivity index (χ2n) is 3.81. The first-order valence-corrected chi connectivity index (χ1v) is 5.15. The number of carbonyl (C=O) groups is 1. The van der Waals surface area contributed by atoms with Gasteiger partial charge in [-0.1, -0.05) is 6.08 Å². The van der Waals surface area contributed by atoms with Gasteiger partial charge in [-0.2, -0.15) is 0 Å². The third-order valence-electron chi connectivity index (χ3n) is 2.67. The van der Waals surface area contributed by atoms with Crippen LogP contribution >= 0.6 is 0 Å². The topological polar surface area (TPSA) is 46.5 Å². The van der Waals surface area contributed by atoms with E-state index in [1.54, 1.807) is 13.0 Å². The van der Waals surface area contributed by atoms with Gasteiger partial charge in [0.1, 0.15) is 6.10 Å². The number of ether oxygens (including phenoxy) is 1. The van der Waals surface area contributed by atoms with Gasteiger partial charge in [0.15, 0.2) is 0 Å². The van der Waals surface area contributed by atoms with Gasteiger partial charge in [-0.3, -0.25) is 0 Å². The average molecular weight is 198 g/mol. The summed E-state index contributed by atoms with van der Waals surface area (Å²) in [4.78, 5) is 11.4. The maximum Gasteiger partial charge on any atom is 0.333 e. The van der Waals surface area contributed by atoms with E-state index in [-0.39, 0.29) is 18.2 Å². The number of rotatable bonds is 2. The van der Waals surface area contributed by atoms with Crippen LogP contribution in [0.4, 0.5) is 0 Å². The van der Waals surface area contributed by atoms with Crippen molar-refractivity contribution in [3.8, 4) is 0 Å². The highest BCUT2D eigenvalue weighted by Gasteiger charge is 2.22. The fraction of sp³-hybridized carbons (Fsp3) is 0.727. The third kappa shape index (κ3) is 3.14. The Morgan fingerprint density at radius 2 is 1.93 bits per heavy atom. The molecule has 0 aromatic heterocycles. The Balaban J connectivity index is 2.35. The van der Waals surface area contributed by atoms with Gasteiger partial charge in [0.25, 0.3) is 0 Å². The second-order valence-corrected chi connectivity index (χ2v) is 3.81. The Morgan fingerprint density at radius 1 is 1.36 bits per heavy atom. The van der Waals surface area contributed by atoms with E-state index < -0.39 is 0 Å². The molecule has 1 saturated carbocycles. The predicted molar refractivity (Wildman–Crippen MR) is 53.8 cm³/mol. The monoisotopic (exact) mass is 198 g/mol. The Labute approximate surface area is 84.8 Å². The molecule has 0 bridgehead atoms. The Kier molecular flexibility index (Phi) is 4.14. The number of allylic oxidation sites excluding steroid dienone is 1.